The average molecular weight is 521 g/mol. The third-order valence-electron chi connectivity index (χ3n) is 6.70. The molecule has 1 fully saturated rings. The number of esters is 1. The summed E-state index contributed by atoms with van der Waals surface area (Å²) >= 11 is 0. The van der Waals surface area contributed by atoms with Gasteiger partial charge in [-0.25, -0.2) is 0 Å². The minimum absolute atomic E-state index is 0.0842. The molecule has 10 heteroatoms. The second-order valence-corrected chi connectivity index (χ2v) is 9.51. The Bertz CT molecular complexity index is 877. The minimum atomic E-state index is -1.01. The Morgan fingerprint density at radius 2 is 1.65 bits per heavy atom. The van der Waals surface area contributed by atoms with E-state index in [2.05, 4.69) is 10.6 Å². The quantitative estimate of drug-likeness (QED) is 0.321. The van der Waals surface area contributed by atoms with Crippen molar-refractivity contribution in [2.75, 3.05) is 26.9 Å². The van der Waals surface area contributed by atoms with E-state index >= 15 is 0 Å². The van der Waals surface area contributed by atoms with Crippen LogP contribution >= 0.6 is 0 Å². The molecule has 1 unspecified atom stereocenters. The number of benzene rings is 1. The molecule has 1 aliphatic rings. The lowest BCUT2D eigenvalue weighted by atomic mass is 9.96. The van der Waals surface area contributed by atoms with Crippen LogP contribution in [0.2, 0.25) is 0 Å². The maximum atomic E-state index is 13.3. The molecule has 0 saturated carbocycles. The molecule has 1 aromatic rings. The number of amides is 3. The molecular formula is C27H41FN4O5. The molecule has 2 rings (SSSR count). The monoisotopic (exact) mass is 520 g/mol. The third-order valence-corrected chi connectivity index (χ3v) is 6.70. The molecule has 9 nitrogen and oxygen atoms in total. The Kier molecular flexibility index (Phi) is 13.0. The highest BCUT2D eigenvalue weighted by molar-refractivity contribution is 5.93. The van der Waals surface area contributed by atoms with Crippen molar-refractivity contribution in [3.63, 3.8) is 0 Å². The van der Waals surface area contributed by atoms with Crippen LogP contribution in [0.15, 0.2) is 30.3 Å². The number of nitrogens with one attached hydrogen (secondary N) is 2. The molecule has 206 valence electrons. The first-order chi connectivity index (χ1) is 17.8. The van der Waals surface area contributed by atoms with Crippen LogP contribution in [-0.2, 0) is 30.3 Å². The van der Waals surface area contributed by atoms with Crippen LogP contribution in [-0.4, -0.2) is 73.6 Å². The van der Waals surface area contributed by atoms with Crippen molar-refractivity contribution in [1.82, 2.24) is 15.5 Å². The van der Waals surface area contributed by atoms with Crippen LogP contribution in [0.4, 0.5) is 4.39 Å². The first-order valence-corrected chi connectivity index (χ1v) is 13.1. The first kappa shape index (κ1) is 30.2. The van der Waals surface area contributed by atoms with Crippen molar-refractivity contribution < 1.29 is 28.3 Å². The van der Waals surface area contributed by atoms with E-state index in [4.69, 9.17) is 10.5 Å². The Labute approximate surface area is 218 Å². The molecule has 0 bridgehead atoms. The maximum absolute atomic E-state index is 13.3. The average Bonchev–Trinajstić information content (AvgIpc) is 2.92. The fourth-order valence-corrected chi connectivity index (χ4v) is 4.45. The van der Waals surface area contributed by atoms with Crippen molar-refractivity contribution in [2.45, 2.75) is 76.4 Å². The predicted octanol–water partition coefficient (Wildman–Crippen LogP) is 1.88. The smallest absolute Gasteiger partial charge is 0.308 e. The number of carbonyl (C=O) groups is 4. The third kappa shape index (κ3) is 9.76. The van der Waals surface area contributed by atoms with Gasteiger partial charge in [0, 0.05) is 13.1 Å². The standard InChI is InChI=1S/C27H41FN4O5/c1-3-4-11-23(26(35)32-16-13-20(14-17-32)27(36)37-2)31-25(34)22(12-8-15-28)30-24(33)21(29)18-19-9-6-5-7-10-19/h5-7,9-10,20-23H,3-4,8,11-18,29H2,1-2H3,(H,30,33)(H,31,34)/t21-,22-,23?/m1/s1. The molecule has 1 aliphatic heterocycles. The van der Waals surface area contributed by atoms with Crippen LogP contribution in [0.25, 0.3) is 0 Å². The number of ether oxygens (including phenoxy) is 1. The highest BCUT2D eigenvalue weighted by atomic mass is 19.1. The highest BCUT2D eigenvalue weighted by Crippen LogP contribution is 2.20. The summed E-state index contributed by atoms with van der Waals surface area (Å²) in [6.07, 6.45) is 3.46. The summed E-state index contributed by atoms with van der Waals surface area (Å²) in [7, 11) is 1.35. The summed E-state index contributed by atoms with van der Waals surface area (Å²) < 4.78 is 17.8. The van der Waals surface area contributed by atoms with Gasteiger partial charge in [-0.2, -0.15) is 0 Å². The van der Waals surface area contributed by atoms with Crippen molar-refractivity contribution in [2.24, 2.45) is 11.7 Å². The van der Waals surface area contributed by atoms with Crippen LogP contribution in [0, 0.1) is 5.92 Å². The van der Waals surface area contributed by atoms with Gasteiger partial charge in [0.05, 0.1) is 25.7 Å². The molecule has 0 spiro atoms. The fourth-order valence-electron chi connectivity index (χ4n) is 4.45. The van der Waals surface area contributed by atoms with E-state index in [1.165, 1.54) is 7.11 Å². The number of hydrogen-bond acceptors (Lipinski definition) is 6. The Morgan fingerprint density at radius 3 is 2.24 bits per heavy atom. The second-order valence-electron chi connectivity index (χ2n) is 9.51. The van der Waals surface area contributed by atoms with Crippen molar-refractivity contribution in [1.29, 1.82) is 0 Å². The van der Waals surface area contributed by atoms with Crippen molar-refractivity contribution in [3.05, 3.63) is 35.9 Å². The first-order valence-electron chi connectivity index (χ1n) is 13.1. The van der Waals surface area contributed by atoms with Crippen LogP contribution in [0.5, 0.6) is 0 Å². The number of likely N-dealkylation sites (tertiary alicyclic amines) is 1. The fraction of sp³-hybridized carbons (Fsp3) is 0.630. The summed E-state index contributed by atoms with van der Waals surface area (Å²) in [5.41, 5.74) is 6.96. The summed E-state index contributed by atoms with van der Waals surface area (Å²) in [4.78, 5) is 52.7. The minimum Gasteiger partial charge on any atom is -0.469 e. The number of unbranched alkanes of at least 4 members (excludes halogenated alkanes) is 1. The largest absolute Gasteiger partial charge is 0.469 e. The van der Waals surface area contributed by atoms with Gasteiger partial charge in [0.2, 0.25) is 17.7 Å². The number of nitrogens with two attached hydrogens (primary N) is 1. The normalized spacial score (nSPS) is 16.4. The molecule has 0 aliphatic carbocycles. The van der Waals surface area contributed by atoms with E-state index in [-0.39, 0.29) is 30.6 Å². The topological polar surface area (TPSA) is 131 Å². The Balaban J connectivity index is 2.03. The molecule has 4 N–H and O–H groups in total. The number of rotatable bonds is 14. The Morgan fingerprint density at radius 1 is 1.03 bits per heavy atom. The van der Waals surface area contributed by atoms with Gasteiger partial charge in [0.25, 0.3) is 0 Å². The molecule has 1 saturated heterocycles. The number of alkyl halides is 1. The molecule has 3 amide bonds. The number of piperidine rings is 1. The lowest BCUT2D eigenvalue weighted by molar-refractivity contribution is -0.149. The van der Waals surface area contributed by atoms with E-state index in [9.17, 15) is 23.6 Å². The molecule has 0 radical (unpaired) electrons. The zero-order valence-corrected chi connectivity index (χ0v) is 21.9. The zero-order chi connectivity index (χ0) is 27.2. The van der Waals surface area contributed by atoms with E-state index < -0.39 is 36.6 Å². The molecule has 3 atom stereocenters. The molecule has 37 heavy (non-hydrogen) atoms. The number of methoxy groups -OCH3 is 1. The summed E-state index contributed by atoms with van der Waals surface area (Å²) in [6.45, 7) is 2.15. The van der Waals surface area contributed by atoms with E-state index in [1.807, 2.05) is 37.3 Å². The van der Waals surface area contributed by atoms with Gasteiger partial charge >= 0.3 is 5.97 Å². The van der Waals surface area contributed by atoms with Gasteiger partial charge in [-0.1, -0.05) is 50.1 Å². The maximum Gasteiger partial charge on any atom is 0.308 e. The van der Waals surface area contributed by atoms with Gasteiger partial charge in [-0.3, -0.25) is 23.6 Å². The summed E-state index contributed by atoms with van der Waals surface area (Å²) in [5, 5.41) is 5.45. The van der Waals surface area contributed by atoms with E-state index in [1.54, 1.807) is 4.90 Å². The van der Waals surface area contributed by atoms with E-state index in [0.717, 1.165) is 18.4 Å². The van der Waals surface area contributed by atoms with Crippen molar-refractivity contribution in [3.8, 4) is 0 Å². The number of halogens is 1. The molecule has 0 aromatic heterocycles. The van der Waals surface area contributed by atoms with Gasteiger partial charge in [-0.05, 0) is 44.1 Å². The molecular weight excluding hydrogens is 479 g/mol. The van der Waals surface area contributed by atoms with Gasteiger partial charge < -0.3 is 26.0 Å². The van der Waals surface area contributed by atoms with Gasteiger partial charge in [0.15, 0.2) is 0 Å². The number of hydrogen-bond donors (Lipinski definition) is 3. The van der Waals surface area contributed by atoms with Crippen LogP contribution in [0.1, 0.15) is 57.4 Å². The lowest BCUT2D eigenvalue weighted by Crippen LogP contribution is -2.57. The zero-order valence-electron chi connectivity index (χ0n) is 21.9. The van der Waals surface area contributed by atoms with Gasteiger partial charge in [0.1, 0.15) is 12.1 Å². The van der Waals surface area contributed by atoms with Crippen LogP contribution < -0.4 is 16.4 Å². The predicted molar refractivity (Wildman–Crippen MR) is 138 cm³/mol. The lowest BCUT2D eigenvalue weighted by Gasteiger charge is -2.34. The van der Waals surface area contributed by atoms with Crippen molar-refractivity contribution >= 4 is 23.7 Å². The van der Waals surface area contributed by atoms with Crippen LogP contribution in [0.3, 0.4) is 0 Å². The SMILES string of the molecule is CCCCC(NC(=O)[C@@H](CCCF)NC(=O)[C@H](N)Cc1ccccc1)C(=O)N1CCC(C(=O)OC)CC1. The Hall–Kier alpha value is -3.01. The number of nitrogens with zero attached hydrogens (tertiary/aromatic N) is 1. The molecule has 1 heterocycles. The van der Waals surface area contributed by atoms with E-state index in [0.29, 0.717) is 38.8 Å². The molecule has 1 aromatic carbocycles. The summed E-state index contributed by atoms with van der Waals surface area (Å²) in [6, 6.07) is 6.63. The second kappa shape index (κ2) is 16.0. The highest BCUT2D eigenvalue weighted by Gasteiger charge is 2.33. The number of carbonyl (C=O) groups excluding carboxylic acids is 4. The summed E-state index contributed by atoms with van der Waals surface area (Å²) in [5.74, 6) is -1.78. The van der Waals surface area contributed by atoms with Gasteiger partial charge in [-0.15, -0.1) is 0 Å².